The molecule has 0 atom stereocenters. The number of hydrogen-bond acceptors (Lipinski definition) is 6. The van der Waals surface area contributed by atoms with Gasteiger partial charge < -0.3 is 23.9 Å². The van der Waals surface area contributed by atoms with E-state index in [2.05, 4.69) is 9.97 Å². The van der Waals surface area contributed by atoms with Crippen molar-refractivity contribution >= 4 is 21.9 Å². The van der Waals surface area contributed by atoms with Crippen LogP contribution in [0.2, 0.25) is 0 Å². The summed E-state index contributed by atoms with van der Waals surface area (Å²) in [7, 11) is 6.30. The Labute approximate surface area is 166 Å². The molecule has 150 valence electrons. The average Bonchev–Trinajstić information content (AvgIpc) is 3.12. The summed E-state index contributed by atoms with van der Waals surface area (Å²) in [5.74, 6) is 2.40. The number of hydrogen-bond donors (Lipinski definition) is 1. The molecule has 8 nitrogen and oxygen atoms in total. The van der Waals surface area contributed by atoms with Crippen molar-refractivity contribution in [1.82, 2.24) is 14.5 Å². The second kappa shape index (κ2) is 7.38. The maximum atomic E-state index is 13.1. The Balaban J connectivity index is 1.80. The predicted molar refractivity (Wildman–Crippen MR) is 110 cm³/mol. The Bertz CT molecular complexity index is 1260. The molecule has 0 amide bonds. The van der Waals surface area contributed by atoms with Gasteiger partial charge in [-0.25, -0.2) is 4.98 Å². The van der Waals surface area contributed by atoms with Gasteiger partial charge in [-0.15, -0.1) is 0 Å². The predicted octanol–water partition coefficient (Wildman–Crippen LogP) is 2.96. The zero-order chi connectivity index (χ0) is 20.5. The maximum Gasteiger partial charge on any atom is 0.277 e. The van der Waals surface area contributed by atoms with Crippen molar-refractivity contribution in [3.8, 4) is 23.0 Å². The highest BCUT2D eigenvalue weighted by molar-refractivity contribution is 6.05. The number of nitrogens with zero attached hydrogens (tertiary/aromatic N) is 2. The van der Waals surface area contributed by atoms with Crippen LogP contribution in [0.25, 0.3) is 21.9 Å². The van der Waals surface area contributed by atoms with Crippen LogP contribution in [0.3, 0.4) is 0 Å². The number of benzene rings is 2. The van der Waals surface area contributed by atoms with E-state index in [1.54, 1.807) is 45.4 Å². The van der Waals surface area contributed by atoms with E-state index in [1.807, 2.05) is 24.3 Å². The Kier molecular flexibility index (Phi) is 4.75. The quantitative estimate of drug-likeness (QED) is 0.540. The van der Waals surface area contributed by atoms with Crippen molar-refractivity contribution in [2.45, 2.75) is 6.54 Å². The molecule has 0 spiro atoms. The summed E-state index contributed by atoms with van der Waals surface area (Å²) in [6.45, 7) is 0.351. The first-order valence-electron chi connectivity index (χ1n) is 8.93. The number of H-pyrrole nitrogens is 1. The lowest BCUT2D eigenvalue weighted by Crippen LogP contribution is -2.21. The first-order valence-corrected chi connectivity index (χ1v) is 8.93. The van der Waals surface area contributed by atoms with Crippen LogP contribution in [0, 0.1) is 0 Å². The minimum absolute atomic E-state index is 0.168. The molecule has 0 saturated carbocycles. The lowest BCUT2D eigenvalue weighted by atomic mass is 10.2. The normalized spacial score (nSPS) is 11.0. The standard InChI is InChI=1S/C21H21N3O5/c1-26-15-6-5-12(7-16(15)27-2)10-24-11-22-19-13-8-17(28-3)18(29-4)9-14(13)23-20(19)21(24)25/h5-9,11,23H,10H2,1-4H3. The molecule has 4 aromatic rings. The van der Waals surface area contributed by atoms with E-state index in [4.69, 9.17) is 18.9 Å². The minimum Gasteiger partial charge on any atom is -0.493 e. The summed E-state index contributed by atoms with van der Waals surface area (Å²) >= 11 is 0. The van der Waals surface area contributed by atoms with Gasteiger partial charge in [-0.2, -0.15) is 0 Å². The third-order valence-electron chi connectivity index (χ3n) is 4.88. The molecule has 4 rings (SSSR count). The van der Waals surface area contributed by atoms with E-state index >= 15 is 0 Å². The molecule has 1 N–H and O–H groups in total. The zero-order valence-corrected chi connectivity index (χ0v) is 16.6. The fraction of sp³-hybridized carbons (Fsp3) is 0.238. The van der Waals surface area contributed by atoms with E-state index in [-0.39, 0.29) is 5.56 Å². The fourth-order valence-corrected chi connectivity index (χ4v) is 3.41. The molecular formula is C21H21N3O5. The molecule has 2 aromatic heterocycles. The van der Waals surface area contributed by atoms with Gasteiger partial charge >= 0.3 is 0 Å². The smallest absolute Gasteiger partial charge is 0.277 e. The molecule has 8 heteroatoms. The Hall–Kier alpha value is -3.68. The average molecular weight is 395 g/mol. The number of rotatable bonds is 6. The van der Waals surface area contributed by atoms with Crippen LogP contribution in [0.1, 0.15) is 5.56 Å². The van der Waals surface area contributed by atoms with Crippen LogP contribution in [0.15, 0.2) is 41.5 Å². The van der Waals surface area contributed by atoms with Gasteiger partial charge in [0.05, 0.1) is 46.8 Å². The number of methoxy groups -OCH3 is 4. The number of nitrogens with one attached hydrogen (secondary N) is 1. The summed E-state index contributed by atoms with van der Waals surface area (Å²) < 4.78 is 22.9. The van der Waals surface area contributed by atoms with Gasteiger partial charge in [-0.1, -0.05) is 6.07 Å². The minimum atomic E-state index is -0.168. The molecule has 0 fully saturated rings. The Morgan fingerprint density at radius 3 is 2.24 bits per heavy atom. The Morgan fingerprint density at radius 2 is 1.55 bits per heavy atom. The van der Waals surface area contributed by atoms with Crippen LogP contribution in [0.5, 0.6) is 23.0 Å². The molecular weight excluding hydrogens is 374 g/mol. The van der Waals surface area contributed by atoms with Gasteiger partial charge in [0, 0.05) is 11.5 Å². The van der Waals surface area contributed by atoms with E-state index < -0.39 is 0 Å². The Morgan fingerprint density at radius 1 is 0.897 bits per heavy atom. The highest BCUT2D eigenvalue weighted by Gasteiger charge is 2.15. The summed E-state index contributed by atoms with van der Waals surface area (Å²) in [5, 5.41) is 0.799. The number of aromatic nitrogens is 3. The third kappa shape index (κ3) is 3.12. The monoisotopic (exact) mass is 395 g/mol. The molecule has 0 bridgehead atoms. The van der Waals surface area contributed by atoms with Gasteiger partial charge in [0.2, 0.25) is 0 Å². The van der Waals surface area contributed by atoms with Crippen LogP contribution in [-0.2, 0) is 6.54 Å². The summed E-state index contributed by atoms with van der Waals surface area (Å²) in [6.07, 6.45) is 1.55. The second-order valence-electron chi connectivity index (χ2n) is 6.47. The van der Waals surface area contributed by atoms with E-state index in [0.717, 1.165) is 16.5 Å². The van der Waals surface area contributed by atoms with Crippen molar-refractivity contribution in [3.63, 3.8) is 0 Å². The summed E-state index contributed by atoms with van der Waals surface area (Å²) in [5.41, 5.74) is 2.50. The molecule has 0 radical (unpaired) electrons. The van der Waals surface area contributed by atoms with Crippen LogP contribution in [-0.4, -0.2) is 43.0 Å². The van der Waals surface area contributed by atoms with E-state index in [9.17, 15) is 4.79 Å². The lowest BCUT2D eigenvalue weighted by Gasteiger charge is -2.10. The van der Waals surface area contributed by atoms with Gasteiger partial charge in [-0.3, -0.25) is 9.36 Å². The highest BCUT2D eigenvalue weighted by atomic mass is 16.5. The zero-order valence-electron chi connectivity index (χ0n) is 16.6. The van der Waals surface area contributed by atoms with Gasteiger partial charge in [0.25, 0.3) is 5.56 Å². The van der Waals surface area contributed by atoms with Crippen molar-refractivity contribution < 1.29 is 18.9 Å². The van der Waals surface area contributed by atoms with E-state index in [1.165, 1.54) is 0 Å². The first-order chi connectivity index (χ1) is 14.1. The van der Waals surface area contributed by atoms with Crippen molar-refractivity contribution in [1.29, 1.82) is 0 Å². The summed E-state index contributed by atoms with van der Waals surface area (Å²) in [6, 6.07) is 9.16. The molecule has 0 unspecified atom stereocenters. The van der Waals surface area contributed by atoms with E-state index in [0.29, 0.717) is 40.6 Å². The third-order valence-corrected chi connectivity index (χ3v) is 4.88. The van der Waals surface area contributed by atoms with Crippen LogP contribution < -0.4 is 24.5 Å². The fourth-order valence-electron chi connectivity index (χ4n) is 3.41. The highest BCUT2D eigenvalue weighted by Crippen LogP contribution is 2.34. The largest absolute Gasteiger partial charge is 0.493 e. The molecule has 29 heavy (non-hydrogen) atoms. The van der Waals surface area contributed by atoms with Gasteiger partial charge in [-0.05, 0) is 23.8 Å². The van der Waals surface area contributed by atoms with Crippen molar-refractivity contribution in [2.24, 2.45) is 0 Å². The first kappa shape index (κ1) is 18.7. The second-order valence-corrected chi connectivity index (χ2v) is 6.47. The molecule has 2 heterocycles. The van der Waals surface area contributed by atoms with Gasteiger partial charge in [0.15, 0.2) is 23.0 Å². The maximum absolute atomic E-state index is 13.1. The molecule has 0 aliphatic rings. The topological polar surface area (TPSA) is 87.6 Å². The lowest BCUT2D eigenvalue weighted by molar-refractivity contribution is 0.354. The van der Waals surface area contributed by atoms with Crippen LogP contribution in [0.4, 0.5) is 0 Å². The SMILES string of the molecule is COc1ccc(Cn2cnc3c([nH]c4cc(OC)c(OC)cc43)c2=O)cc1OC. The number of aromatic amines is 1. The molecule has 0 aliphatic heterocycles. The van der Waals surface area contributed by atoms with Gasteiger partial charge in [0.1, 0.15) is 11.0 Å². The van der Waals surface area contributed by atoms with Crippen molar-refractivity contribution in [2.75, 3.05) is 28.4 Å². The molecule has 0 saturated heterocycles. The molecule has 0 aliphatic carbocycles. The van der Waals surface area contributed by atoms with Crippen molar-refractivity contribution in [3.05, 3.63) is 52.6 Å². The number of ether oxygens (including phenoxy) is 4. The molecule has 2 aromatic carbocycles. The van der Waals surface area contributed by atoms with Crippen LogP contribution >= 0.6 is 0 Å². The number of fused-ring (bicyclic) bond motifs is 3. The summed E-state index contributed by atoms with van der Waals surface area (Å²) in [4.78, 5) is 20.7.